The van der Waals surface area contributed by atoms with E-state index < -0.39 is 12.7 Å². The van der Waals surface area contributed by atoms with E-state index in [1.54, 1.807) is 0 Å². The number of nitrogens with zero attached hydrogens (tertiary/aromatic N) is 4. The first-order valence-corrected chi connectivity index (χ1v) is 7.61. The minimum atomic E-state index is -4.16. The summed E-state index contributed by atoms with van der Waals surface area (Å²) in [5.41, 5.74) is 1.96. The predicted molar refractivity (Wildman–Crippen MR) is 83.6 cm³/mol. The van der Waals surface area contributed by atoms with Gasteiger partial charge in [-0.15, -0.1) is 0 Å². The maximum Gasteiger partial charge on any atom is 0.401 e. The van der Waals surface area contributed by atoms with E-state index in [1.807, 2.05) is 32.0 Å². The lowest BCUT2D eigenvalue weighted by molar-refractivity contribution is -0.150. The van der Waals surface area contributed by atoms with Gasteiger partial charge in [-0.05, 0) is 25.5 Å². The third kappa shape index (κ3) is 3.39. The summed E-state index contributed by atoms with van der Waals surface area (Å²) in [6, 6.07) is 5.72. The number of benzene rings is 1. The lowest BCUT2D eigenvalue weighted by atomic mass is 10.1. The van der Waals surface area contributed by atoms with E-state index in [2.05, 4.69) is 14.9 Å². The summed E-state index contributed by atoms with van der Waals surface area (Å²) in [5.74, 6) is 0.803. The number of aryl methyl sites for hydroxylation is 1. The van der Waals surface area contributed by atoms with Gasteiger partial charge in [0, 0.05) is 31.1 Å². The molecule has 0 N–H and O–H groups in total. The molecule has 1 aromatic carbocycles. The third-order valence-corrected chi connectivity index (χ3v) is 4.29. The van der Waals surface area contributed by atoms with Gasteiger partial charge in [-0.25, -0.2) is 9.97 Å². The molecular weight excluding hydrogens is 305 g/mol. The number of fused-ring (bicyclic) bond motifs is 1. The highest BCUT2D eigenvalue weighted by Crippen LogP contribution is 2.27. The quantitative estimate of drug-likeness (QED) is 0.850. The van der Waals surface area contributed by atoms with Crippen LogP contribution in [0.5, 0.6) is 0 Å². The van der Waals surface area contributed by atoms with Crippen molar-refractivity contribution < 1.29 is 13.2 Å². The van der Waals surface area contributed by atoms with Crippen molar-refractivity contribution >= 4 is 16.7 Å². The Morgan fingerprint density at radius 3 is 2.70 bits per heavy atom. The molecule has 1 aliphatic heterocycles. The summed E-state index contributed by atoms with van der Waals surface area (Å²) < 4.78 is 37.8. The number of hydrogen-bond acceptors (Lipinski definition) is 4. The van der Waals surface area contributed by atoms with Crippen LogP contribution in [-0.2, 0) is 0 Å². The van der Waals surface area contributed by atoms with E-state index in [0.717, 1.165) is 22.3 Å². The largest absolute Gasteiger partial charge is 0.401 e. The molecule has 1 aliphatic rings. The van der Waals surface area contributed by atoms with Crippen LogP contribution in [0.2, 0.25) is 0 Å². The molecule has 2 heterocycles. The summed E-state index contributed by atoms with van der Waals surface area (Å²) in [7, 11) is 0. The Morgan fingerprint density at radius 2 is 2.00 bits per heavy atom. The SMILES string of the molecule is Cc1cccc2c(N3CCN(CC(F)(F)F)C(C)C3)ncnc12. The Morgan fingerprint density at radius 1 is 1.22 bits per heavy atom. The number of alkyl halides is 3. The fourth-order valence-electron chi connectivity index (χ4n) is 3.13. The van der Waals surface area contributed by atoms with E-state index in [0.29, 0.717) is 19.6 Å². The Labute approximate surface area is 132 Å². The number of rotatable bonds is 2. The van der Waals surface area contributed by atoms with Gasteiger partial charge in [0.05, 0.1) is 12.1 Å². The summed E-state index contributed by atoms with van der Waals surface area (Å²) in [6.07, 6.45) is -2.63. The molecule has 0 bridgehead atoms. The van der Waals surface area contributed by atoms with Crippen molar-refractivity contribution in [3.05, 3.63) is 30.1 Å². The van der Waals surface area contributed by atoms with Crippen molar-refractivity contribution in [2.24, 2.45) is 0 Å². The van der Waals surface area contributed by atoms with E-state index in [-0.39, 0.29) is 6.04 Å². The number of para-hydroxylation sites is 1. The molecule has 1 fully saturated rings. The molecule has 0 amide bonds. The van der Waals surface area contributed by atoms with Crippen molar-refractivity contribution in [3.63, 3.8) is 0 Å². The third-order valence-electron chi connectivity index (χ3n) is 4.29. The zero-order chi connectivity index (χ0) is 16.6. The maximum absolute atomic E-state index is 12.6. The van der Waals surface area contributed by atoms with E-state index >= 15 is 0 Å². The second-order valence-electron chi connectivity index (χ2n) is 6.05. The molecule has 0 radical (unpaired) electrons. The molecule has 3 rings (SSSR count). The highest BCUT2D eigenvalue weighted by atomic mass is 19.4. The number of piperazine rings is 1. The fraction of sp³-hybridized carbons (Fsp3) is 0.500. The standard InChI is InChI=1S/C16H19F3N4/c1-11-4-3-5-13-14(11)20-10-21-15(13)22-6-7-23(12(2)8-22)9-16(17,18)19/h3-5,10,12H,6-9H2,1-2H3. The molecule has 0 aliphatic carbocycles. The van der Waals surface area contributed by atoms with E-state index in [9.17, 15) is 13.2 Å². The van der Waals surface area contributed by atoms with Crippen molar-refractivity contribution in [1.29, 1.82) is 0 Å². The first-order chi connectivity index (χ1) is 10.8. The second-order valence-corrected chi connectivity index (χ2v) is 6.05. The van der Waals surface area contributed by atoms with Gasteiger partial charge < -0.3 is 4.90 Å². The van der Waals surface area contributed by atoms with Gasteiger partial charge in [-0.3, -0.25) is 4.90 Å². The van der Waals surface area contributed by atoms with Crippen LogP contribution in [0.25, 0.3) is 10.9 Å². The van der Waals surface area contributed by atoms with Gasteiger partial charge in [0.2, 0.25) is 0 Å². The van der Waals surface area contributed by atoms with Crippen LogP contribution in [-0.4, -0.2) is 53.3 Å². The highest BCUT2D eigenvalue weighted by molar-refractivity contribution is 5.91. The molecule has 1 aromatic heterocycles. The molecule has 1 unspecified atom stereocenters. The summed E-state index contributed by atoms with van der Waals surface area (Å²) in [6.45, 7) is 4.38. The molecule has 124 valence electrons. The average Bonchev–Trinajstić information content (AvgIpc) is 2.48. The maximum atomic E-state index is 12.6. The van der Waals surface area contributed by atoms with Crippen LogP contribution in [0.1, 0.15) is 12.5 Å². The second kappa shape index (κ2) is 5.96. The minimum Gasteiger partial charge on any atom is -0.353 e. The zero-order valence-corrected chi connectivity index (χ0v) is 13.1. The number of anilines is 1. The normalized spacial score (nSPS) is 20.2. The molecule has 2 aromatic rings. The van der Waals surface area contributed by atoms with Crippen LogP contribution in [0.4, 0.5) is 19.0 Å². The molecule has 23 heavy (non-hydrogen) atoms. The zero-order valence-electron chi connectivity index (χ0n) is 13.1. The lowest BCUT2D eigenvalue weighted by Gasteiger charge is -2.40. The topological polar surface area (TPSA) is 32.3 Å². The van der Waals surface area contributed by atoms with Crippen LogP contribution < -0.4 is 4.90 Å². The molecule has 4 nitrogen and oxygen atoms in total. The Bertz CT molecular complexity index is 701. The van der Waals surface area contributed by atoms with Gasteiger partial charge in [0.1, 0.15) is 12.1 Å². The Hall–Kier alpha value is -1.89. The van der Waals surface area contributed by atoms with Crippen molar-refractivity contribution in [2.75, 3.05) is 31.1 Å². The van der Waals surface area contributed by atoms with Crippen LogP contribution in [0, 0.1) is 6.92 Å². The van der Waals surface area contributed by atoms with Gasteiger partial charge in [0.15, 0.2) is 0 Å². The van der Waals surface area contributed by atoms with Crippen LogP contribution >= 0.6 is 0 Å². The number of aromatic nitrogens is 2. The Balaban J connectivity index is 1.84. The number of hydrogen-bond donors (Lipinski definition) is 0. The molecule has 1 atom stereocenters. The van der Waals surface area contributed by atoms with Gasteiger partial charge in [-0.2, -0.15) is 13.2 Å². The van der Waals surface area contributed by atoms with E-state index in [1.165, 1.54) is 11.2 Å². The van der Waals surface area contributed by atoms with Crippen molar-refractivity contribution in [1.82, 2.24) is 14.9 Å². The molecule has 7 heteroatoms. The summed E-state index contributed by atoms with van der Waals surface area (Å²) in [4.78, 5) is 12.2. The number of halogens is 3. The first kappa shape index (κ1) is 16.0. The molecule has 0 saturated carbocycles. The average molecular weight is 324 g/mol. The minimum absolute atomic E-state index is 0.180. The van der Waals surface area contributed by atoms with E-state index in [4.69, 9.17) is 0 Å². The molecule has 1 saturated heterocycles. The first-order valence-electron chi connectivity index (χ1n) is 7.61. The summed E-state index contributed by atoms with van der Waals surface area (Å²) >= 11 is 0. The molecular formula is C16H19F3N4. The summed E-state index contributed by atoms with van der Waals surface area (Å²) in [5, 5.41) is 0.948. The van der Waals surface area contributed by atoms with Crippen LogP contribution in [0.3, 0.4) is 0 Å². The Kier molecular flexibility index (Phi) is 4.14. The fourth-order valence-corrected chi connectivity index (χ4v) is 3.13. The van der Waals surface area contributed by atoms with Crippen molar-refractivity contribution in [3.8, 4) is 0 Å². The highest BCUT2D eigenvalue weighted by Gasteiger charge is 2.35. The lowest BCUT2D eigenvalue weighted by Crippen LogP contribution is -2.54. The van der Waals surface area contributed by atoms with Crippen molar-refractivity contribution in [2.45, 2.75) is 26.1 Å². The molecule has 0 spiro atoms. The monoisotopic (exact) mass is 324 g/mol. The smallest absolute Gasteiger partial charge is 0.353 e. The van der Waals surface area contributed by atoms with Crippen LogP contribution in [0.15, 0.2) is 24.5 Å². The van der Waals surface area contributed by atoms with Gasteiger partial charge in [0.25, 0.3) is 0 Å². The van der Waals surface area contributed by atoms with Gasteiger partial charge >= 0.3 is 6.18 Å². The van der Waals surface area contributed by atoms with Gasteiger partial charge in [-0.1, -0.05) is 12.1 Å². The predicted octanol–water partition coefficient (Wildman–Crippen LogP) is 3.01.